The molecule has 0 radical (unpaired) electrons. The van der Waals surface area contributed by atoms with Gasteiger partial charge in [0.15, 0.2) is 0 Å². The number of nitrogens with zero attached hydrogens (tertiary/aromatic N) is 1. The molecule has 284 valence electrons. The van der Waals surface area contributed by atoms with Crippen molar-refractivity contribution in [2.75, 3.05) is 4.90 Å². The third kappa shape index (κ3) is 4.88. The van der Waals surface area contributed by atoms with Crippen molar-refractivity contribution in [2.45, 2.75) is 24.7 Å². The maximum Gasteiger partial charge on any atom is 0.143 e. The number of furan rings is 1. The van der Waals surface area contributed by atoms with Gasteiger partial charge in [-0.25, -0.2) is 0 Å². The summed E-state index contributed by atoms with van der Waals surface area (Å²) in [5.41, 5.74) is -0.535. The Bertz CT molecular complexity index is 4190. The average molecular weight is 785 g/mol. The minimum atomic E-state index is -2.97. The number of benzene rings is 9. The van der Waals surface area contributed by atoms with Gasteiger partial charge in [0, 0.05) is 38.8 Å². The smallest absolute Gasteiger partial charge is 0.143 e. The van der Waals surface area contributed by atoms with Crippen LogP contribution in [0.2, 0.25) is 0 Å². The molecule has 1 heterocycles. The number of rotatable bonds is 6. The van der Waals surface area contributed by atoms with Crippen molar-refractivity contribution in [2.24, 2.45) is 0 Å². The fourth-order valence-electron chi connectivity index (χ4n) is 9.41. The van der Waals surface area contributed by atoms with E-state index in [9.17, 15) is 12.3 Å². The van der Waals surface area contributed by atoms with Crippen LogP contribution >= 0.6 is 0 Å². The largest absolute Gasteiger partial charge is 0.455 e. The van der Waals surface area contributed by atoms with Gasteiger partial charge in [-0.1, -0.05) is 183 Å². The zero-order valence-electron chi connectivity index (χ0n) is 49.2. The Morgan fingerprint density at radius 3 is 1.93 bits per heavy atom. The SMILES string of the molecule is [2H]c1c([2H])c([2H])c(C2(c3c([2H])c([2H])c([2H])c([2H])c3[2H])c3c([2H])c([2H])c([2H])c([2H])c3-c3c([2H])c([2H])c(N(c4cccc(-c5cccc6c5oc5ccccc56)c4)c4ccc5c(c4)C(C)(C)c4ccccc4-5)c([2H])c32)c([2H])c1[2H]. The van der Waals surface area contributed by atoms with Crippen LogP contribution in [-0.4, -0.2) is 0 Å². The highest BCUT2D eigenvalue weighted by Gasteiger charge is 2.46. The summed E-state index contributed by atoms with van der Waals surface area (Å²) in [5.74, 6) is 0. The first-order chi connectivity index (χ1) is 36.6. The molecule has 2 heteroatoms. The Kier molecular flexibility index (Phi) is 4.68. The molecule has 0 spiro atoms. The molecule has 9 aromatic carbocycles. The van der Waals surface area contributed by atoms with Crippen molar-refractivity contribution in [1.82, 2.24) is 0 Å². The number of hydrogen-bond acceptors (Lipinski definition) is 2. The van der Waals surface area contributed by atoms with Gasteiger partial charge in [-0.15, -0.1) is 0 Å². The Hall–Kier alpha value is -7.42. The second-order valence-electron chi connectivity index (χ2n) is 15.5. The molecular formula is C58H41NO. The molecule has 2 aliphatic carbocycles. The fraction of sp³-hybridized carbons (Fsp3) is 0.0690. The van der Waals surface area contributed by atoms with Gasteiger partial charge < -0.3 is 9.32 Å². The Labute approximate surface area is 374 Å². The van der Waals surface area contributed by atoms with Crippen LogP contribution in [0.3, 0.4) is 0 Å². The molecule has 0 saturated heterocycles. The van der Waals surface area contributed by atoms with Crippen molar-refractivity contribution in [3.05, 3.63) is 245 Å². The van der Waals surface area contributed by atoms with Gasteiger partial charge in [0.25, 0.3) is 0 Å². The summed E-state index contributed by atoms with van der Waals surface area (Å²) in [6.45, 7) is 4.15. The molecule has 0 saturated carbocycles. The van der Waals surface area contributed by atoms with Gasteiger partial charge in [-0.3, -0.25) is 0 Å². The Morgan fingerprint density at radius 2 is 1.10 bits per heavy atom. The highest BCUT2D eigenvalue weighted by molar-refractivity contribution is 6.09. The van der Waals surface area contributed by atoms with Crippen molar-refractivity contribution in [1.29, 1.82) is 0 Å². The summed E-state index contributed by atoms with van der Waals surface area (Å²) in [6.07, 6.45) is 0. The van der Waals surface area contributed by atoms with Crippen LogP contribution in [0.5, 0.6) is 0 Å². The lowest BCUT2D eigenvalue weighted by molar-refractivity contribution is 0.660. The van der Waals surface area contributed by atoms with Gasteiger partial charge >= 0.3 is 0 Å². The van der Waals surface area contributed by atoms with Crippen molar-refractivity contribution in [3.63, 3.8) is 0 Å². The van der Waals surface area contributed by atoms with Gasteiger partial charge in [-0.2, -0.15) is 0 Å². The Balaban J connectivity index is 1.27. The summed E-state index contributed by atoms with van der Waals surface area (Å²) in [6, 6.07) is 19.4. The van der Waals surface area contributed by atoms with Crippen LogP contribution < -0.4 is 4.90 Å². The highest BCUT2D eigenvalue weighted by atomic mass is 16.3. The zero-order chi connectivity index (χ0) is 54.8. The second kappa shape index (κ2) is 13.0. The molecule has 0 bridgehead atoms. The van der Waals surface area contributed by atoms with Crippen molar-refractivity contribution >= 4 is 39.0 Å². The van der Waals surface area contributed by atoms with E-state index < -0.39 is 147 Å². The minimum Gasteiger partial charge on any atom is -0.455 e. The van der Waals surface area contributed by atoms with Gasteiger partial charge in [0.2, 0.25) is 0 Å². The Morgan fingerprint density at radius 1 is 0.450 bits per heavy atom. The summed E-state index contributed by atoms with van der Waals surface area (Å²) in [7, 11) is 0. The summed E-state index contributed by atoms with van der Waals surface area (Å²) < 4.78 is 167. The first-order valence-electron chi connectivity index (χ1n) is 28.0. The van der Waals surface area contributed by atoms with Crippen molar-refractivity contribution < 1.29 is 27.7 Å². The molecule has 1 aromatic heterocycles. The maximum atomic E-state index is 10.8. The molecule has 2 nitrogen and oxygen atoms in total. The van der Waals surface area contributed by atoms with Crippen LogP contribution in [0.4, 0.5) is 17.1 Å². The molecular weight excluding hydrogens is 727 g/mol. The fourth-order valence-corrected chi connectivity index (χ4v) is 9.41. The summed E-state index contributed by atoms with van der Waals surface area (Å²) >= 11 is 0. The van der Waals surface area contributed by atoms with Crippen LogP contribution in [0.25, 0.3) is 55.3 Å². The minimum absolute atomic E-state index is 0.334. The molecule has 12 rings (SSSR count). The predicted octanol–water partition coefficient (Wildman–Crippen LogP) is 15.4. The molecule has 60 heavy (non-hydrogen) atoms. The quantitative estimate of drug-likeness (QED) is 0.167. The lowest BCUT2D eigenvalue weighted by Gasteiger charge is -2.35. The van der Waals surface area contributed by atoms with Gasteiger partial charge in [-0.05, 0) is 104 Å². The summed E-state index contributed by atoms with van der Waals surface area (Å²) in [4.78, 5) is 1.58. The van der Waals surface area contributed by atoms with E-state index in [-0.39, 0.29) is 5.69 Å². The molecule has 0 atom stereocenters. The van der Waals surface area contributed by atoms with Crippen LogP contribution in [0.15, 0.2) is 216 Å². The van der Waals surface area contributed by atoms with E-state index in [4.69, 9.17) is 15.4 Å². The lowest BCUT2D eigenvalue weighted by atomic mass is 9.67. The van der Waals surface area contributed by atoms with Crippen LogP contribution in [0, 0.1) is 0 Å². The van der Waals surface area contributed by atoms with Crippen molar-refractivity contribution in [3.8, 4) is 33.4 Å². The maximum absolute atomic E-state index is 10.8. The lowest BCUT2D eigenvalue weighted by Crippen LogP contribution is -2.28. The normalized spacial score (nSPS) is 18.1. The molecule has 0 N–H and O–H groups in total. The highest BCUT2D eigenvalue weighted by Crippen LogP contribution is 2.58. The van der Waals surface area contributed by atoms with E-state index in [2.05, 4.69) is 13.8 Å². The molecule has 0 fully saturated rings. The monoisotopic (exact) mass is 784 g/mol. The number of para-hydroxylation sites is 2. The molecule has 0 amide bonds. The third-order valence-electron chi connectivity index (χ3n) is 12.1. The van der Waals surface area contributed by atoms with E-state index >= 15 is 0 Å². The standard InChI is InChI=1S/C58H41NO/c1-57(2)51-28-12-9-23-45(51)47-33-31-42(36-53(47)57)59(41-22-15-17-38(35-41)44-26-16-27-50-49-25-11-14-30-55(49)60-56(44)50)43-32-34-48-46-24-10-13-29-52(46)58(54(48)37-43,39-18-5-3-6-19-39)40-20-7-4-8-21-40/h3-37H,1-2H3/i3D,4D,5D,6D,7D,8D,10D,13D,18D,19D,20D,21D,24D,29D,32D,34D,37D. The van der Waals surface area contributed by atoms with E-state index in [0.29, 0.717) is 33.7 Å². The van der Waals surface area contributed by atoms with E-state index in [1.807, 2.05) is 91.0 Å². The average Bonchev–Trinajstić information content (AvgIpc) is 3.06. The molecule has 10 aromatic rings. The molecule has 0 aliphatic heterocycles. The predicted molar refractivity (Wildman–Crippen MR) is 249 cm³/mol. The van der Waals surface area contributed by atoms with Crippen LogP contribution in [0.1, 0.15) is 70.5 Å². The van der Waals surface area contributed by atoms with Gasteiger partial charge in [0.1, 0.15) is 11.2 Å². The molecule has 0 unspecified atom stereocenters. The molecule has 2 aliphatic rings. The van der Waals surface area contributed by atoms with E-state index in [0.717, 1.165) is 33.0 Å². The number of fused-ring (bicyclic) bond motifs is 9. The van der Waals surface area contributed by atoms with Gasteiger partial charge in [0.05, 0.1) is 28.7 Å². The first-order valence-corrected chi connectivity index (χ1v) is 19.5. The zero-order valence-corrected chi connectivity index (χ0v) is 32.2. The van der Waals surface area contributed by atoms with E-state index in [1.54, 1.807) is 23.1 Å². The third-order valence-corrected chi connectivity index (χ3v) is 12.1. The van der Waals surface area contributed by atoms with E-state index in [1.165, 1.54) is 0 Å². The number of anilines is 3. The van der Waals surface area contributed by atoms with Crippen LogP contribution in [-0.2, 0) is 10.8 Å². The topological polar surface area (TPSA) is 16.4 Å². The second-order valence-corrected chi connectivity index (χ2v) is 15.5. The summed E-state index contributed by atoms with van der Waals surface area (Å²) in [5, 5.41) is 1.75. The number of hydrogen-bond donors (Lipinski definition) is 0. The first kappa shape index (κ1) is 21.5.